The van der Waals surface area contributed by atoms with E-state index >= 15 is 0 Å². The van der Waals surface area contributed by atoms with E-state index < -0.39 is 0 Å². The number of carbonyl (C=O) groups excluding carboxylic acids is 2. The first-order valence-electron chi connectivity index (χ1n) is 8.70. The van der Waals surface area contributed by atoms with Crippen molar-refractivity contribution in [3.8, 4) is 0 Å². The Morgan fingerprint density at radius 1 is 1.25 bits per heavy atom. The first kappa shape index (κ1) is 17.4. The van der Waals surface area contributed by atoms with E-state index in [4.69, 9.17) is 0 Å². The summed E-state index contributed by atoms with van der Waals surface area (Å²) < 4.78 is 0.831. The maximum absolute atomic E-state index is 12.7. The highest BCUT2D eigenvalue weighted by Crippen LogP contribution is 2.22. The molecule has 2 heterocycles. The van der Waals surface area contributed by atoms with Crippen LogP contribution in [0.25, 0.3) is 0 Å². The lowest BCUT2D eigenvalue weighted by atomic mass is 9.97. The Balaban J connectivity index is 1.53. The van der Waals surface area contributed by atoms with Crippen molar-refractivity contribution in [3.05, 3.63) is 34.3 Å². The van der Waals surface area contributed by atoms with Gasteiger partial charge in [-0.15, -0.1) is 0 Å². The lowest BCUT2D eigenvalue weighted by molar-refractivity contribution is -0.123. The SMILES string of the molecule is O=C(NCC1CCCN(C(=O)c2ccccc2Br)C1)C1CCCN1. The fourth-order valence-electron chi connectivity index (χ4n) is 3.50. The summed E-state index contributed by atoms with van der Waals surface area (Å²) in [7, 11) is 0. The molecule has 1 aromatic carbocycles. The van der Waals surface area contributed by atoms with Crippen molar-refractivity contribution in [1.82, 2.24) is 15.5 Å². The van der Waals surface area contributed by atoms with Gasteiger partial charge in [-0.25, -0.2) is 0 Å². The Hall–Kier alpha value is -1.40. The molecule has 6 heteroatoms. The monoisotopic (exact) mass is 393 g/mol. The predicted octanol–water partition coefficient (Wildman–Crippen LogP) is 2.17. The molecule has 5 nitrogen and oxygen atoms in total. The van der Waals surface area contributed by atoms with Crippen LogP contribution in [0.3, 0.4) is 0 Å². The van der Waals surface area contributed by atoms with Crippen LogP contribution >= 0.6 is 15.9 Å². The van der Waals surface area contributed by atoms with Crippen molar-refractivity contribution in [3.63, 3.8) is 0 Å². The van der Waals surface area contributed by atoms with Crippen LogP contribution in [0.4, 0.5) is 0 Å². The van der Waals surface area contributed by atoms with Crippen molar-refractivity contribution in [2.24, 2.45) is 5.92 Å². The normalized spacial score (nSPS) is 24.0. The number of halogens is 1. The molecular weight excluding hydrogens is 370 g/mol. The third-order valence-corrected chi connectivity index (χ3v) is 5.54. The zero-order valence-electron chi connectivity index (χ0n) is 13.8. The summed E-state index contributed by atoms with van der Waals surface area (Å²) in [6.45, 7) is 3.07. The third-order valence-electron chi connectivity index (χ3n) is 4.85. The summed E-state index contributed by atoms with van der Waals surface area (Å²) >= 11 is 3.45. The maximum Gasteiger partial charge on any atom is 0.255 e. The van der Waals surface area contributed by atoms with Crippen LogP contribution in [0, 0.1) is 5.92 Å². The molecule has 0 aromatic heterocycles. The maximum atomic E-state index is 12.7. The molecule has 2 N–H and O–H groups in total. The molecular formula is C18H24BrN3O2. The van der Waals surface area contributed by atoms with E-state index in [1.54, 1.807) is 0 Å². The molecule has 0 saturated carbocycles. The van der Waals surface area contributed by atoms with E-state index in [1.165, 1.54) is 0 Å². The highest BCUT2D eigenvalue weighted by atomic mass is 79.9. The molecule has 0 aliphatic carbocycles. The fraction of sp³-hybridized carbons (Fsp3) is 0.556. The molecule has 1 aromatic rings. The number of carbonyl (C=O) groups is 2. The number of rotatable bonds is 4. The minimum absolute atomic E-state index is 0.0356. The predicted molar refractivity (Wildman–Crippen MR) is 96.8 cm³/mol. The van der Waals surface area contributed by atoms with E-state index in [-0.39, 0.29) is 17.9 Å². The van der Waals surface area contributed by atoms with Crippen molar-refractivity contribution in [2.75, 3.05) is 26.2 Å². The highest BCUT2D eigenvalue weighted by Gasteiger charge is 2.27. The van der Waals surface area contributed by atoms with Crippen molar-refractivity contribution >= 4 is 27.7 Å². The Morgan fingerprint density at radius 2 is 2.08 bits per heavy atom. The molecule has 2 atom stereocenters. The first-order chi connectivity index (χ1) is 11.6. The second-order valence-corrected chi connectivity index (χ2v) is 7.49. The van der Waals surface area contributed by atoms with Gasteiger partial charge in [0, 0.05) is 24.1 Å². The van der Waals surface area contributed by atoms with Gasteiger partial charge in [-0.2, -0.15) is 0 Å². The number of piperidine rings is 1. The van der Waals surface area contributed by atoms with Crippen molar-refractivity contribution in [1.29, 1.82) is 0 Å². The number of benzene rings is 1. The number of hydrogen-bond acceptors (Lipinski definition) is 3. The highest BCUT2D eigenvalue weighted by molar-refractivity contribution is 9.10. The van der Waals surface area contributed by atoms with Crippen molar-refractivity contribution < 1.29 is 9.59 Å². The van der Waals surface area contributed by atoms with Gasteiger partial charge in [0.1, 0.15) is 0 Å². The second kappa shape index (κ2) is 8.12. The van der Waals surface area contributed by atoms with Gasteiger partial charge in [-0.3, -0.25) is 9.59 Å². The Kier molecular flexibility index (Phi) is 5.89. The third kappa shape index (κ3) is 4.16. The molecule has 0 radical (unpaired) electrons. The number of hydrogen-bond donors (Lipinski definition) is 2. The molecule has 24 heavy (non-hydrogen) atoms. The second-order valence-electron chi connectivity index (χ2n) is 6.63. The largest absolute Gasteiger partial charge is 0.354 e. The van der Waals surface area contributed by atoms with Crippen LogP contribution in [-0.4, -0.2) is 48.9 Å². The summed E-state index contributed by atoms with van der Waals surface area (Å²) in [5.41, 5.74) is 0.706. The number of nitrogens with one attached hydrogen (secondary N) is 2. The van der Waals surface area contributed by atoms with Gasteiger partial charge in [0.05, 0.1) is 11.6 Å². The lowest BCUT2D eigenvalue weighted by Crippen LogP contribution is -2.46. The average molecular weight is 394 g/mol. The summed E-state index contributed by atoms with van der Waals surface area (Å²) in [6, 6.07) is 7.50. The average Bonchev–Trinajstić information content (AvgIpc) is 3.14. The van der Waals surface area contributed by atoms with Gasteiger partial charge in [-0.1, -0.05) is 12.1 Å². The smallest absolute Gasteiger partial charge is 0.255 e. The molecule has 2 aliphatic heterocycles. The Labute approximate surface area is 151 Å². The zero-order chi connectivity index (χ0) is 16.9. The van der Waals surface area contributed by atoms with Gasteiger partial charge in [-0.05, 0) is 66.2 Å². The van der Waals surface area contributed by atoms with E-state index in [1.807, 2.05) is 29.2 Å². The lowest BCUT2D eigenvalue weighted by Gasteiger charge is -2.33. The molecule has 2 fully saturated rings. The minimum Gasteiger partial charge on any atom is -0.354 e. The van der Waals surface area contributed by atoms with Crippen LogP contribution in [0.2, 0.25) is 0 Å². The van der Waals surface area contributed by atoms with E-state index in [0.29, 0.717) is 24.6 Å². The Morgan fingerprint density at radius 3 is 2.83 bits per heavy atom. The van der Waals surface area contributed by atoms with E-state index in [9.17, 15) is 9.59 Å². The van der Waals surface area contributed by atoms with Crippen LogP contribution in [0.1, 0.15) is 36.0 Å². The van der Waals surface area contributed by atoms with Gasteiger partial charge < -0.3 is 15.5 Å². The number of likely N-dealkylation sites (tertiary alicyclic amines) is 1. The van der Waals surface area contributed by atoms with Crippen LogP contribution < -0.4 is 10.6 Å². The molecule has 2 unspecified atom stereocenters. The quantitative estimate of drug-likeness (QED) is 0.823. The summed E-state index contributed by atoms with van der Waals surface area (Å²) in [5, 5.41) is 6.27. The fourth-order valence-corrected chi connectivity index (χ4v) is 3.95. The van der Waals surface area contributed by atoms with Gasteiger partial charge in [0.25, 0.3) is 5.91 Å². The van der Waals surface area contributed by atoms with Gasteiger partial charge in [0.2, 0.25) is 5.91 Å². The van der Waals surface area contributed by atoms with Crippen LogP contribution in [0.5, 0.6) is 0 Å². The molecule has 2 saturated heterocycles. The molecule has 0 spiro atoms. The first-order valence-corrected chi connectivity index (χ1v) is 9.49. The standard InChI is InChI=1S/C18H24BrN3O2/c19-15-7-2-1-6-14(15)18(24)22-10-4-5-13(12-22)11-21-17(23)16-8-3-9-20-16/h1-2,6-7,13,16,20H,3-5,8-12H2,(H,21,23). The molecule has 3 rings (SSSR count). The van der Waals surface area contributed by atoms with Crippen molar-refractivity contribution in [2.45, 2.75) is 31.7 Å². The molecule has 2 aliphatic rings. The topological polar surface area (TPSA) is 61.4 Å². The summed E-state index contributed by atoms with van der Waals surface area (Å²) in [4.78, 5) is 26.7. The van der Waals surface area contributed by atoms with E-state index in [0.717, 1.165) is 43.2 Å². The Bertz CT molecular complexity index is 602. The summed E-state index contributed by atoms with van der Waals surface area (Å²) in [6.07, 6.45) is 4.02. The molecule has 130 valence electrons. The van der Waals surface area contributed by atoms with Gasteiger partial charge in [0.15, 0.2) is 0 Å². The van der Waals surface area contributed by atoms with Gasteiger partial charge >= 0.3 is 0 Å². The molecule has 2 amide bonds. The van der Waals surface area contributed by atoms with Crippen LogP contribution in [0.15, 0.2) is 28.7 Å². The number of amides is 2. The minimum atomic E-state index is -0.0356. The van der Waals surface area contributed by atoms with E-state index in [2.05, 4.69) is 26.6 Å². The number of nitrogens with zero attached hydrogens (tertiary/aromatic N) is 1. The zero-order valence-corrected chi connectivity index (χ0v) is 15.3. The molecule has 0 bridgehead atoms. The van der Waals surface area contributed by atoms with Crippen LogP contribution in [-0.2, 0) is 4.79 Å². The summed E-state index contributed by atoms with van der Waals surface area (Å²) in [5.74, 6) is 0.494.